The van der Waals surface area contributed by atoms with Gasteiger partial charge in [0.2, 0.25) is 0 Å². The van der Waals surface area contributed by atoms with E-state index >= 15 is 0 Å². The van der Waals surface area contributed by atoms with E-state index in [1.165, 1.54) is 18.5 Å². The molecule has 0 saturated carbocycles. The first-order chi connectivity index (χ1) is 7.77. The van der Waals surface area contributed by atoms with Crippen molar-refractivity contribution in [2.45, 2.75) is 25.8 Å². The lowest BCUT2D eigenvalue weighted by molar-refractivity contribution is 0.304. The quantitative estimate of drug-likeness (QED) is 0.729. The molecule has 2 aromatic heterocycles. The van der Waals surface area contributed by atoms with Crippen LogP contribution in [0.1, 0.15) is 30.4 Å². The molecule has 0 N–H and O–H groups in total. The second-order valence-corrected chi connectivity index (χ2v) is 4.56. The molecule has 84 valence electrons. The van der Waals surface area contributed by atoms with Crippen molar-refractivity contribution in [1.82, 2.24) is 19.5 Å². The smallest absolute Gasteiger partial charge is 0.161 e. The lowest BCUT2D eigenvalue weighted by atomic mass is 10.2. The minimum atomic E-state index is 0.427. The molecule has 3 rings (SSSR count). The minimum Gasteiger partial charge on any atom is -0.296 e. The molecule has 1 atom stereocenters. The van der Waals surface area contributed by atoms with Gasteiger partial charge in [0.05, 0.1) is 6.04 Å². The van der Waals surface area contributed by atoms with Gasteiger partial charge in [-0.2, -0.15) is 0 Å². The largest absolute Gasteiger partial charge is 0.296 e. The van der Waals surface area contributed by atoms with E-state index in [0.29, 0.717) is 6.04 Å². The van der Waals surface area contributed by atoms with Crippen molar-refractivity contribution in [3.8, 4) is 0 Å². The third-order valence-electron chi connectivity index (χ3n) is 3.47. The molecule has 0 spiro atoms. The highest BCUT2D eigenvalue weighted by atomic mass is 15.3. The number of rotatable bonds is 1. The molecule has 4 heteroatoms. The summed E-state index contributed by atoms with van der Waals surface area (Å²) in [5.41, 5.74) is 2.16. The van der Waals surface area contributed by atoms with Gasteiger partial charge in [-0.3, -0.25) is 9.30 Å². The number of aromatic nitrogens is 3. The van der Waals surface area contributed by atoms with Crippen molar-refractivity contribution in [1.29, 1.82) is 0 Å². The van der Waals surface area contributed by atoms with E-state index in [2.05, 4.69) is 39.5 Å². The van der Waals surface area contributed by atoms with Crippen molar-refractivity contribution in [2.75, 3.05) is 13.6 Å². The first-order valence-electron chi connectivity index (χ1n) is 5.78. The molecule has 1 fully saturated rings. The second-order valence-electron chi connectivity index (χ2n) is 4.56. The Kier molecular flexibility index (Phi) is 2.17. The third-order valence-corrected chi connectivity index (χ3v) is 3.47. The molecule has 0 amide bonds. The Morgan fingerprint density at radius 2 is 2.19 bits per heavy atom. The van der Waals surface area contributed by atoms with Gasteiger partial charge in [-0.1, -0.05) is 6.07 Å². The summed E-state index contributed by atoms with van der Waals surface area (Å²) in [6, 6.07) is 6.57. The van der Waals surface area contributed by atoms with Crippen LogP contribution in [-0.4, -0.2) is 33.1 Å². The number of hydrogen-bond acceptors (Lipinski definition) is 3. The molecule has 16 heavy (non-hydrogen) atoms. The van der Waals surface area contributed by atoms with Gasteiger partial charge in [-0.25, -0.2) is 0 Å². The summed E-state index contributed by atoms with van der Waals surface area (Å²) in [4.78, 5) is 2.36. The zero-order valence-corrected chi connectivity index (χ0v) is 9.72. The fourth-order valence-corrected chi connectivity index (χ4v) is 2.58. The van der Waals surface area contributed by atoms with Gasteiger partial charge in [-0.15, -0.1) is 10.2 Å². The molecule has 0 aromatic carbocycles. The average molecular weight is 216 g/mol. The molecule has 1 unspecified atom stereocenters. The van der Waals surface area contributed by atoms with Crippen LogP contribution in [-0.2, 0) is 0 Å². The summed E-state index contributed by atoms with van der Waals surface area (Å²) in [5, 5.41) is 8.60. The second kappa shape index (κ2) is 3.56. The number of likely N-dealkylation sites (tertiary alicyclic amines) is 1. The zero-order valence-electron chi connectivity index (χ0n) is 9.72. The van der Waals surface area contributed by atoms with Crippen LogP contribution in [0.25, 0.3) is 5.65 Å². The Labute approximate surface area is 94.9 Å². The Morgan fingerprint density at radius 3 is 2.94 bits per heavy atom. The Hall–Kier alpha value is -1.42. The van der Waals surface area contributed by atoms with Gasteiger partial charge in [0.15, 0.2) is 11.5 Å². The number of pyridine rings is 1. The maximum Gasteiger partial charge on any atom is 0.161 e. The molecular weight excluding hydrogens is 200 g/mol. The maximum absolute atomic E-state index is 4.36. The normalized spacial score (nSPS) is 22.0. The van der Waals surface area contributed by atoms with Crippen molar-refractivity contribution >= 4 is 5.65 Å². The summed E-state index contributed by atoms with van der Waals surface area (Å²) in [6.45, 7) is 3.26. The molecular formula is C12H16N4. The van der Waals surface area contributed by atoms with E-state index in [9.17, 15) is 0 Å². The lowest BCUT2D eigenvalue weighted by Crippen LogP contribution is -2.20. The predicted molar refractivity (Wildman–Crippen MR) is 62.3 cm³/mol. The predicted octanol–water partition coefficient (Wildman–Crippen LogP) is 1.80. The van der Waals surface area contributed by atoms with Crippen molar-refractivity contribution < 1.29 is 0 Å². The van der Waals surface area contributed by atoms with Gasteiger partial charge in [-0.05, 0) is 45.5 Å². The Bertz CT molecular complexity index is 517. The SMILES string of the molecule is Cc1cccc2nnc(C3CCCN3C)n12. The highest BCUT2D eigenvalue weighted by Crippen LogP contribution is 2.29. The zero-order chi connectivity index (χ0) is 11.1. The van der Waals surface area contributed by atoms with Gasteiger partial charge in [0.1, 0.15) is 0 Å². The van der Waals surface area contributed by atoms with Crippen LogP contribution in [0.4, 0.5) is 0 Å². The van der Waals surface area contributed by atoms with Gasteiger partial charge in [0.25, 0.3) is 0 Å². The molecule has 0 bridgehead atoms. The maximum atomic E-state index is 4.36. The highest BCUT2D eigenvalue weighted by Gasteiger charge is 2.27. The summed E-state index contributed by atoms with van der Waals surface area (Å²) in [7, 11) is 2.16. The number of aryl methyl sites for hydroxylation is 1. The molecule has 4 nitrogen and oxygen atoms in total. The number of nitrogens with zero attached hydrogens (tertiary/aromatic N) is 4. The molecule has 1 saturated heterocycles. The molecule has 3 heterocycles. The van der Waals surface area contributed by atoms with Crippen LogP contribution in [0.2, 0.25) is 0 Å². The molecule has 2 aromatic rings. The van der Waals surface area contributed by atoms with Crippen molar-refractivity contribution in [3.63, 3.8) is 0 Å². The fourth-order valence-electron chi connectivity index (χ4n) is 2.58. The van der Waals surface area contributed by atoms with Crippen LogP contribution in [0, 0.1) is 6.92 Å². The first kappa shape index (κ1) is 9.78. The van der Waals surface area contributed by atoms with E-state index in [1.54, 1.807) is 0 Å². The van der Waals surface area contributed by atoms with E-state index < -0.39 is 0 Å². The van der Waals surface area contributed by atoms with E-state index in [0.717, 1.165) is 18.0 Å². The van der Waals surface area contributed by atoms with Crippen LogP contribution in [0.15, 0.2) is 18.2 Å². The van der Waals surface area contributed by atoms with Crippen molar-refractivity contribution in [3.05, 3.63) is 29.7 Å². The fraction of sp³-hybridized carbons (Fsp3) is 0.500. The summed E-state index contributed by atoms with van der Waals surface area (Å²) in [5.74, 6) is 1.09. The van der Waals surface area contributed by atoms with E-state index in [-0.39, 0.29) is 0 Å². The van der Waals surface area contributed by atoms with E-state index in [4.69, 9.17) is 0 Å². The van der Waals surface area contributed by atoms with Crippen LogP contribution in [0.5, 0.6) is 0 Å². The minimum absolute atomic E-state index is 0.427. The first-order valence-corrected chi connectivity index (χ1v) is 5.78. The summed E-state index contributed by atoms with van der Waals surface area (Å²) >= 11 is 0. The Morgan fingerprint density at radius 1 is 1.31 bits per heavy atom. The third kappa shape index (κ3) is 1.33. The number of fused-ring (bicyclic) bond motifs is 1. The lowest BCUT2D eigenvalue weighted by Gasteiger charge is -2.18. The highest BCUT2D eigenvalue weighted by molar-refractivity contribution is 5.40. The molecule has 1 aliphatic heterocycles. The van der Waals surface area contributed by atoms with Gasteiger partial charge in [0, 0.05) is 5.69 Å². The van der Waals surface area contributed by atoms with Crippen molar-refractivity contribution in [2.24, 2.45) is 0 Å². The topological polar surface area (TPSA) is 33.4 Å². The summed E-state index contributed by atoms with van der Waals surface area (Å²) in [6.07, 6.45) is 2.44. The van der Waals surface area contributed by atoms with E-state index in [1.807, 2.05) is 12.1 Å². The molecule has 0 radical (unpaired) electrons. The summed E-state index contributed by atoms with van der Waals surface area (Å²) < 4.78 is 2.17. The van der Waals surface area contributed by atoms with Crippen LogP contribution >= 0.6 is 0 Å². The molecule has 1 aliphatic rings. The molecule has 0 aliphatic carbocycles. The van der Waals surface area contributed by atoms with Crippen LogP contribution < -0.4 is 0 Å². The monoisotopic (exact) mass is 216 g/mol. The Balaban J connectivity index is 2.16. The standard InChI is InChI=1S/C12H16N4/c1-9-5-3-7-11-13-14-12(16(9)11)10-6-4-8-15(10)2/h3,5,7,10H,4,6,8H2,1-2H3. The number of hydrogen-bond donors (Lipinski definition) is 0. The average Bonchev–Trinajstić information content (AvgIpc) is 2.84. The van der Waals surface area contributed by atoms with Gasteiger partial charge < -0.3 is 0 Å². The van der Waals surface area contributed by atoms with Gasteiger partial charge >= 0.3 is 0 Å². The van der Waals surface area contributed by atoms with Crippen LogP contribution in [0.3, 0.4) is 0 Å².